The summed E-state index contributed by atoms with van der Waals surface area (Å²) >= 11 is -0.0900. The monoisotopic (exact) mass is 528 g/mol. The second-order valence-corrected chi connectivity index (χ2v) is 12.5. The molecule has 0 aliphatic carbocycles. The minimum atomic E-state index is -3.99. The Morgan fingerprint density at radius 3 is 2.39 bits per heavy atom. The van der Waals surface area contributed by atoms with E-state index in [-0.39, 0.29) is 16.7 Å². The van der Waals surface area contributed by atoms with E-state index in [0.717, 1.165) is 16.5 Å². The molecule has 2 heterocycles. The number of aliphatic carboxylic acids is 1. The van der Waals surface area contributed by atoms with Gasteiger partial charge in [-0.2, -0.15) is 8.78 Å². The maximum atomic E-state index is 13.7. The van der Waals surface area contributed by atoms with E-state index >= 15 is 0 Å². The molecule has 0 atom stereocenters. The molecule has 1 N–H and O–H groups in total. The number of carboxylic acids is 1. The Morgan fingerprint density at radius 2 is 1.69 bits per heavy atom. The van der Waals surface area contributed by atoms with Gasteiger partial charge in [-0.1, -0.05) is 24.3 Å². The Hall–Kier alpha value is -3.37. The Bertz CT molecular complexity index is 1590. The summed E-state index contributed by atoms with van der Waals surface area (Å²) in [7, 11) is -3.43. The molecular weight excluding hydrogens is 506 g/mol. The number of benzene rings is 2. The molecule has 36 heavy (non-hydrogen) atoms. The van der Waals surface area contributed by atoms with Crippen LogP contribution >= 0.6 is 11.8 Å². The number of fused-ring (bicyclic) bond motifs is 1. The van der Waals surface area contributed by atoms with Crippen molar-refractivity contribution < 1.29 is 27.1 Å². The summed E-state index contributed by atoms with van der Waals surface area (Å²) < 4.78 is 51.3. The van der Waals surface area contributed by atoms with Gasteiger partial charge in [0.25, 0.3) is 0 Å². The molecule has 0 bridgehead atoms. The third-order valence-corrected chi connectivity index (χ3v) is 9.02. The van der Waals surface area contributed by atoms with Gasteiger partial charge in [-0.3, -0.25) is 9.97 Å². The van der Waals surface area contributed by atoms with Crippen molar-refractivity contribution >= 4 is 38.5 Å². The zero-order valence-electron chi connectivity index (χ0n) is 19.6. The highest BCUT2D eigenvalue weighted by Crippen LogP contribution is 2.39. The van der Waals surface area contributed by atoms with Gasteiger partial charge < -0.3 is 5.11 Å². The molecule has 0 unspecified atom stereocenters. The third kappa shape index (κ3) is 4.96. The van der Waals surface area contributed by atoms with Crippen LogP contribution in [0.5, 0.6) is 0 Å². The van der Waals surface area contributed by atoms with Crippen LogP contribution in [-0.4, -0.2) is 41.0 Å². The van der Waals surface area contributed by atoms with Crippen LogP contribution < -0.4 is 0 Å². The van der Waals surface area contributed by atoms with Gasteiger partial charge >= 0.3 is 11.2 Å². The normalized spacial score (nSPS) is 12.6. The molecule has 0 saturated carbocycles. The van der Waals surface area contributed by atoms with Crippen LogP contribution in [0.3, 0.4) is 0 Å². The number of nitrogens with zero attached hydrogens (tertiary/aromatic N) is 2. The lowest BCUT2D eigenvalue weighted by molar-refractivity contribution is -0.152. The number of sulfone groups is 1. The maximum absolute atomic E-state index is 13.7. The van der Waals surface area contributed by atoms with Crippen LogP contribution in [0.4, 0.5) is 8.78 Å². The minimum absolute atomic E-state index is 0.00863. The lowest BCUT2D eigenvalue weighted by Gasteiger charge is -2.24. The SMILES string of the molecule is CC(C)(c1cc(-c2cccc(-c3cncc(SC(F)(F)C(=O)O)c3)c2)c2ncccc2c1)S(C)(=O)=O. The van der Waals surface area contributed by atoms with Crippen molar-refractivity contribution in [2.24, 2.45) is 0 Å². The Balaban J connectivity index is 1.84. The summed E-state index contributed by atoms with van der Waals surface area (Å²) in [6.45, 7) is 3.31. The van der Waals surface area contributed by atoms with Crippen LogP contribution in [0.15, 0.2) is 78.1 Å². The van der Waals surface area contributed by atoms with Crippen LogP contribution in [0.2, 0.25) is 0 Å². The van der Waals surface area contributed by atoms with Gasteiger partial charge in [-0.15, -0.1) is 0 Å². The van der Waals surface area contributed by atoms with Crippen LogP contribution in [0, 0.1) is 0 Å². The zero-order valence-corrected chi connectivity index (χ0v) is 21.2. The van der Waals surface area contributed by atoms with E-state index in [4.69, 9.17) is 5.11 Å². The van der Waals surface area contributed by atoms with Crippen molar-refractivity contribution in [1.82, 2.24) is 9.97 Å². The van der Waals surface area contributed by atoms with E-state index in [1.165, 1.54) is 24.7 Å². The Labute approximate surface area is 211 Å². The smallest absolute Gasteiger partial charge is 0.393 e. The lowest BCUT2D eigenvalue weighted by atomic mass is 9.92. The summed E-state index contributed by atoms with van der Waals surface area (Å²) in [4.78, 5) is 19.3. The predicted octanol–water partition coefficient (Wildman–Crippen LogP) is 6.01. The molecule has 0 radical (unpaired) electrons. The summed E-state index contributed by atoms with van der Waals surface area (Å²) in [6, 6.07) is 16.0. The van der Waals surface area contributed by atoms with Crippen molar-refractivity contribution in [3.63, 3.8) is 0 Å². The van der Waals surface area contributed by atoms with E-state index in [9.17, 15) is 22.0 Å². The standard InChI is InChI=1S/C26H22F2N2O4S2/c1-25(2,36(3,33)34)20-11-18-8-5-9-30-23(18)22(13-20)17-7-4-6-16(10-17)19-12-21(15-29-14-19)35-26(27,28)24(31)32/h4-15H,1-3H3,(H,31,32). The quantitative estimate of drug-likeness (QED) is 0.293. The van der Waals surface area contributed by atoms with Crippen molar-refractivity contribution in [1.29, 1.82) is 0 Å². The minimum Gasteiger partial charge on any atom is -0.476 e. The van der Waals surface area contributed by atoms with Gasteiger partial charge in [0.1, 0.15) is 0 Å². The van der Waals surface area contributed by atoms with Gasteiger partial charge in [-0.05, 0) is 72.6 Å². The second kappa shape index (κ2) is 9.25. The molecule has 186 valence electrons. The molecular formula is C26H22F2N2O4S2. The maximum Gasteiger partial charge on any atom is 0.393 e. The average molecular weight is 529 g/mol. The number of carboxylic acid groups (broad SMARTS) is 1. The molecule has 6 nitrogen and oxygen atoms in total. The first kappa shape index (κ1) is 25.7. The van der Waals surface area contributed by atoms with Crippen molar-refractivity contribution in [3.8, 4) is 22.3 Å². The van der Waals surface area contributed by atoms with Crippen molar-refractivity contribution in [2.45, 2.75) is 28.7 Å². The van der Waals surface area contributed by atoms with Gasteiger partial charge in [0.05, 0.1) is 10.3 Å². The molecule has 2 aromatic carbocycles. The number of thioether (sulfide) groups is 1. The number of alkyl halides is 2. The molecule has 0 spiro atoms. The van der Waals surface area contributed by atoms with Crippen LogP contribution in [0.25, 0.3) is 33.2 Å². The number of hydrogen-bond acceptors (Lipinski definition) is 6. The average Bonchev–Trinajstić information content (AvgIpc) is 2.82. The molecule has 2 aromatic heterocycles. The van der Waals surface area contributed by atoms with Crippen molar-refractivity contribution in [3.05, 3.63) is 78.8 Å². The van der Waals surface area contributed by atoms with E-state index < -0.39 is 25.8 Å². The fraction of sp³-hybridized carbons (Fsp3) is 0.192. The molecule has 0 saturated heterocycles. The summed E-state index contributed by atoms with van der Waals surface area (Å²) in [5.74, 6) is -2.23. The zero-order chi connectivity index (χ0) is 26.3. The van der Waals surface area contributed by atoms with E-state index in [2.05, 4.69) is 9.97 Å². The van der Waals surface area contributed by atoms with Gasteiger partial charge in [0.15, 0.2) is 9.84 Å². The van der Waals surface area contributed by atoms with Gasteiger partial charge in [-0.25, -0.2) is 13.2 Å². The highest BCUT2D eigenvalue weighted by atomic mass is 32.2. The molecule has 10 heteroatoms. The number of halogens is 2. The first-order valence-electron chi connectivity index (χ1n) is 10.7. The number of hydrogen-bond donors (Lipinski definition) is 1. The predicted molar refractivity (Wildman–Crippen MR) is 137 cm³/mol. The Kier molecular flexibility index (Phi) is 6.61. The number of aromatic nitrogens is 2. The topological polar surface area (TPSA) is 97.2 Å². The van der Waals surface area contributed by atoms with E-state index in [0.29, 0.717) is 22.2 Å². The summed E-state index contributed by atoms with van der Waals surface area (Å²) in [5, 5.41) is 5.53. The number of carbonyl (C=O) groups is 1. The van der Waals surface area contributed by atoms with Crippen LogP contribution in [0.1, 0.15) is 19.4 Å². The molecule has 0 aliphatic heterocycles. The molecule has 0 fully saturated rings. The Morgan fingerprint density at radius 1 is 0.972 bits per heavy atom. The van der Waals surface area contributed by atoms with Crippen molar-refractivity contribution in [2.75, 3.05) is 6.26 Å². The summed E-state index contributed by atoms with van der Waals surface area (Å²) in [5.41, 5.74) is 3.95. The van der Waals surface area contributed by atoms with E-state index in [1.54, 1.807) is 38.2 Å². The molecule has 0 amide bonds. The highest BCUT2D eigenvalue weighted by Gasteiger charge is 2.40. The number of rotatable bonds is 7. The highest BCUT2D eigenvalue weighted by molar-refractivity contribution is 8.01. The van der Waals surface area contributed by atoms with E-state index in [1.807, 2.05) is 30.3 Å². The van der Waals surface area contributed by atoms with Gasteiger partial charge in [0, 0.05) is 46.3 Å². The first-order valence-corrected chi connectivity index (χ1v) is 13.5. The molecule has 4 aromatic rings. The van der Waals surface area contributed by atoms with Crippen LogP contribution in [-0.2, 0) is 19.4 Å². The largest absolute Gasteiger partial charge is 0.476 e. The number of pyridine rings is 2. The lowest BCUT2D eigenvalue weighted by Crippen LogP contribution is -2.28. The molecule has 0 aliphatic rings. The fourth-order valence-electron chi connectivity index (χ4n) is 3.66. The second-order valence-electron chi connectivity index (χ2n) is 8.80. The van der Waals surface area contributed by atoms with Gasteiger partial charge in [0.2, 0.25) is 0 Å². The summed E-state index contributed by atoms with van der Waals surface area (Å²) in [6.07, 6.45) is 5.54. The molecule has 4 rings (SSSR count). The third-order valence-electron chi connectivity index (χ3n) is 6.04. The first-order chi connectivity index (χ1) is 16.8. The fourth-order valence-corrected chi connectivity index (χ4v) is 4.89.